The van der Waals surface area contributed by atoms with Gasteiger partial charge in [-0.3, -0.25) is 10.1 Å². The lowest BCUT2D eigenvalue weighted by molar-refractivity contribution is -0.139. The monoisotopic (exact) mass is 141 g/mol. The molecule has 1 saturated heterocycles. The molecule has 1 heterocycles. The van der Waals surface area contributed by atoms with Crippen LogP contribution in [0.25, 0.3) is 0 Å². The molecule has 0 aromatic carbocycles. The van der Waals surface area contributed by atoms with E-state index in [1.54, 1.807) is 0 Å². The molecule has 2 aliphatic rings. The molecule has 0 aromatic heterocycles. The molecule has 1 atom stereocenters. The van der Waals surface area contributed by atoms with E-state index in [0.29, 0.717) is 0 Å². The van der Waals surface area contributed by atoms with Gasteiger partial charge in [0.2, 0.25) is 0 Å². The number of hydrogen-bond acceptors (Lipinski definition) is 2. The number of carbonyl (C=O) groups is 1. The van der Waals surface area contributed by atoms with Gasteiger partial charge in [0.25, 0.3) is 0 Å². The fourth-order valence-electron chi connectivity index (χ4n) is 1.67. The fourth-order valence-corrected chi connectivity index (χ4v) is 1.67. The lowest BCUT2D eigenvalue weighted by Gasteiger charge is -2.07. The standard InChI is InChI=1S/C7H11NO2/c9-6(10)5-1-2-7(8-5)3-4-7/h5,8H,1-4H2,(H,9,10). The van der Waals surface area contributed by atoms with Gasteiger partial charge in [-0.05, 0) is 25.7 Å². The molecule has 10 heavy (non-hydrogen) atoms. The molecule has 0 bridgehead atoms. The van der Waals surface area contributed by atoms with Gasteiger partial charge in [0.1, 0.15) is 6.04 Å². The second-order valence-electron chi connectivity index (χ2n) is 3.35. The van der Waals surface area contributed by atoms with Crippen molar-refractivity contribution in [2.45, 2.75) is 37.3 Å². The van der Waals surface area contributed by atoms with Gasteiger partial charge in [-0.2, -0.15) is 0 Å². The van der Waals surface area contributed by atoms with E-state index in [1.807, 2.05) is 0 Å². The Morgan fingerprint density at radius 3 is 2.50 bits per heavy atom. The van der Waals surface area contributed by atoms with Gasteiger partial charge >= 0.3 is 5.97 Å². The van der Waals surface area contributed by atoms with Crippen LogP contribution in [0.3, 0.4) is 0 Å². The third-order valence-corrected chi connectivity index (χ3v) is 2.54. The Bertz CT molecular complexity index is 174. The average Bonchev–Trinajstić information content (AvgIpc) is 2.41. The SMILES string of the molecule is O=C(O)C1CCC2(CC2)N1. The predicted molar refractivity (Wildman–Crippen MR) is 35.8 cm³/mol. The van der Waals surface area contributed by atoms with Crippen molar-refractivity contribution in [1.29, 1.82) is 0 Å². The Morgan fingerprint density at radius 2 is 2.20 bits per heavy atom. The summed E-state index contributed by atoms with van der Waals surface area (Å²) in [6.07, 6.45) is 4.23. The predicted octanol–water partition coefficient (Wildman–Crippen LogP) is 0.356. The van der Waals surface area contributed by atoms with E-state index in [2.05, 4.69) is 5.32 Å². The van der Waals surface area contributed by atoms with Crippen molar-refractivity contribution in [2.75, 3.05) is 0 Å². The first kappa shape index (κ1) is 6.16. The van der Waals surface area contributed by atoms with Gasteiger partial charge in [-0.25, -0.2) is 0 Å². The average molecular weight is 141 g/mol. The lowest BCUT2D eigenvalue weighted by atomic mass is 10.2. The number of aliphatic carboxylic acids is 1. The van der Waals surface area contributed by atoms with E-state index in [-0.39, 0.29) is 11.6 Å². The summed E-state index contributed by atoms with van der Waals surface area (Å²) >= 11 is 0. The van der Waals surface area contributed by atoms with Crippen LogP contribution in [0.1, 0.15) is 25.7 Å². The maximum Gasteiger partial charge on any atom is 0.320 e. The van der Waals surface area contributed by atoms with Crippen LogP contribution in [0.4, 0.5) is 0 Å². The lowest BCUT2D eigenvalue weighted by Crippen LogP contribution is -2.36. The van der Waals surface area contributed by atoms with Crippen molar-refractivity contribution >= 4 is 5.97 Å². The molecule has 0 aromatic rings. The minimum atomic E-state index is -0.691. The summed E-state index contributed by atoms with van der Waals surface area (Å²) in [7, 11) is 0. The molecule has 1 unspecified atom stereocenters. The van der Waals surface area contributed by atoms with Crippen molar-refractivity contribution in [1.82, 2.24) is 5.32 Å². The first-order chi connectivity index (χ1) is 4.72. The van der Waals surface area contributed by atoms with Crippen LogP contribution in [0, 0.1) is 0 Å². The fraction of sp³-hybridized carbons (Fsp3) is 0.857. The molecule has 0 amide bonds. The molecular formula is C7H11NO2. The summed E-state index contributed by atoms with van der Waals surface area (Å²) in [4.78, 5) is 10.5. The maximum absolute atomic E-state index is 10.5. The third-order valence-electron chi connectivity index (χ3n) is 2.54. The Morgan fingerprint density at radius 1 is 1.50 bits per heavy atom. The van der Waals surface area contributed by atoms with Crippen LogP contribution in [0.15, 0.2) is 0 Å². The van der Waals surface area contributed by atoms with Crippen LogP contribution in [-0.4, -0.2) is 22.7 Å². The quantitative estimate of drug-likeness (QED) is 0.554. The first-order valence-corrected chi connectivity index (χ1v) is 3.72. The molecule has 1 aliphatic heterocycles. The second kappa shape index (κ2) is 1.72. The van der Waals surface area contributed by atoms with Crippen molar-refractivity contribution in [3.8, 4) is 0 Å². The molecule has 56 valence electrons. The highest BCUT2D eigenvalue weighted by Crippen LogP contribution is 2.44. The number of hydrogen-bond donors (Lipinski definition) is 2. The van der Waals surface area contributed by atoms with Crippen LogP contribution in [-0.2, 0) is 4.79 Å². The Labute approximate surface area is 59.4 Å². The number of carboxylic acid groups (broad SMARTS) is 1. The van der Waals surface area contributed by atoms with Gasteiger partial charge in [0.05, 0.1) is 0 Å². The van der Waals surface area contributed by atoms with E-state index in [1.165, 1.54) is 12.8 Å². The molecule has 3 heteroatoms. The zero-order chi connectivity index (χ0) is 7.19. The number of nitrogens with one attached hydrogen (secondary N) is 1. The van der Waals surface area contributed by atoms with Crippen molar-refractivity contribution in [3.05, 3.63) is 0 Å². The maximum atomic E-state index is 10.5. The minimum Gasteiger partial charge on any atom is -0.480 e. The van der Waals surface area contributed by atoms with E-state index >= 15 is 0 Å². The Hall–Kier alpha value is -0.570. The van der Waals surface area contributed by atoms with Gasteiger partial charge in [-0.1, -0.05) is 0 Å². The zero-order valence-electron chi connectivity index (χ0n) is 5.76. The van der Waals surface area contributed by atoms with Crippen LogP contribution in [0.2, 0.25) is 0 Å². The van der Waals surface area contributed by atoms with Crippen molar-refractivity contribution < 1.29 is 9.90 Å². The first-order valence-electron chi connectivity index (χ1n) is 3.72. The molecule has 2 N–H and O–H groups in total. The summed E-state index contributed by atoms with van der Waals surface area (Å²) in [6, 6.07) is -0.262. The topological polar surface area (TPSA) is 49.3 Å². The highest BCUT2D eigenvalue weighted by Gasteiger charge is 2.49. The largest absolute Gasteiger partial charge is 0.480 e. The third kappa shape index (κ3) is 0.814. The zero-order valence-corrected chi connectivity index (χ0v) is 5.76. The van der Waals surface area contributed by atoms with Crippen LogP contribution < -0.4 is 5.32 Å². The van der Waals surface area contributed by atoms with E-state index < -0.39 is 5.97 Å². The highest BCUT2D eigenvalue weighted by molar-refractivity contribution is 5.74. The Balaban J connectivity index is 1.99. The number of carboxylic acids is 1. The normalized spacial score (nSPS) is 34.6. The van der Waals surface area contributed by atoms with Gasteiger partial charge in [0, 0.05) is 5.54 Å². The highest BCUT2D eigenvalue weighted by atomic mass is 16.4. The second-order valence-corrected chi connectivity index (χ2v) is 3.35. The van der Waals surface area contributed by atoms with Crippen LogP contribution >= 0.6 is 0 Å². The summed E-state index contributed by atoms with van der Waals surface area (Å²) in [5.74, 6) is -0.691. The van der Waals surface area contributed by atoms with Gasteiger partial charge in [0.15, 0.2) is 0 Å². The molecule has 1 saturated carbocycles. The molecular weight excluding hydrogens is 130 g/mol. The molecule has 2 fully saturated rings. The summed E-state index contributed by atoms with van der Waals surface area (Å²) < 4.78 is 0. The van der Waals surface area contributed by atoms with E-state index in [0.717, 1.165) is 12.8 Å². The van der Waals surface area contributed by atoms with Crippen LogP contribution in [0.5, 0.6) is 0 Å². The molecule has 2 rings (SSSR count). The van der Waals surface area contributed by atoms with Crippen molar-refractivity contribution in [2.24, 2.45) is 0 Å². The summed E-state index contributed by atoms with van der Waals surface area (Å²) in [6.45, 7) is 0. The van der Waals surface area contributed by atoms with Gasteiger partial charge in [-0.15, -0.1) is 0 Å². The number of rotatable bonds is 1. The minimum absolute atomic E-state index is 0.262. The van der Waals surface area contributed by atoms with E-state index in [4.69, 9.17) is 5.11 Å². The van der Waals surface area contributed by atoms with Crippen molar-refractivity contribution in [3.63, 3.8) is 0 Å². The molecule has 1 aliphatic carbocycles. The smallest absolute Gasteiger partial charge is 0.320 e. The summed E-state index contributed by atoms with van der Waals surface area (Å²) in [5, 5.41) is 11.8. The summed E-state index contributed by atoms with van der Waals surface area (Å²) in [5.41, 5.74) is 0.267. The molecule has 0 radical (unpaired) electrons. The molecule has 1 spiro atoms. The molecule has 3 nitrogen and oxygen atoms in total. The van der Waals surface area contributed by atoms with E-state index in [9.17, 15) is 4.79 Å². The Kier molecular flexibility index (Phi) is 1.06. The van der Waals surface area contributed by atoms with Gasteiger partial charge < -0.3 is 5.11 Å².